The minimum Gasteiger partial charge on any atom is -0.490 e. The minimum absolute atomic E-state index is 0.126. The lowest BCUT2D eigenvalue weighted by Gasteiger charge is -2.45. The number of sulfonamides is 1. The van der Waals surface area contributed by atoms with Crippen LogP contribution in [0.4, 0.5) is 5.69 Å². The molecule has 0 unspecified atom stereocenters. The molecule has 10 heteroatoms. The second-order valence-electron chi connectivity index (χ2n) is 14.8. The maximum absolute atomic E-state index is 13.7. The maximum Gasteiger partial charge on any atom is 0.264 e. The van der Waals surface area contributed by atoms with E-state index >= 15 is 0 Å². The SMILES string of the molecule is C=CCC[C@H](C[C@@H]1CCCO1)S(=O)(=O)NC(=O)c1ccc2c(c1)N(C[C@@H]1CC[C@H]1[C@@H](O)/C=C/CCC)C[C@@]1(CCCc3cc(Cl)ccc31)CO2. The first-order valence-corrected chi connectivity index (χ1v) is 20.5. The quantitative estimate of drug-likeness (QED) is 0.194. The summed E-state index contributed by atoms with van der Waals surface area (Å²) >= 11 is 6.44. The van der Waals surface area contributed by atoms with E-state index in [4.69, 9.17) is 21.1 Å². The number of halogens is 1. The number of ether oxygens (including phenoxy) is 2. The minimum atomic E-state index is -3.99. The van der Waals surface area contributed by atoms with Gasteiger partial charge in [0, 0.05) is 35.7 Å². The van der Waals surface area contributed by atoms with Crippen LogP contribution >= 0.6 is 11.6 Å². The lowest BCUT2D eigenvalue weighted by molar-refractivity contribution is 0.0456. The topological polar surface area (TPSA) is 105 Å². The predicted octanol–water partition coefficient (Wildman–Crippen LogP) is 7.52. The largest absolute Gasteiger partial charge is 0.490 e. The van der Waals surface area contributed by atoms with Crippen molar-refractivity contribution in [2.75, 3.05) is 31.2 Å². The van der Waals surface area contributed by atoms with Gasteiger partial charge in [0.2, 0.25) is 10.0 Å². The molecule has 6 rings (SSSR count). The summed E-state index contributed by atoms with van der Waals surface area (Å²) in [4.78, 5) is 16.1. The van der Waals surface area contributed by atoms with Crippen molar-refractivity contribution in [3.05, 3.63) is 82.9 Å². The highest BCUT2D eigenvalue weighted by Gasteiger charge is 2.44. The van der Waals surface area contributed by atoms with Gasteiger partial charge in [-0.05, 0) is 124 Å². The third-order valence-corrected chi connectivity index (χ3v) is 13.4. The van der Waals surface area contributed by atoms with Gasteiger partial charge in [-0.25, -0.2) is 13.1 Å². The van der Waals surface area contributed by atoms with Crippen molar-refractivity contribution in [1.82, 2.24) is 4.72 Å². The van der Waals surface area contributed by atoms with Crippen LogP contribution in [0.15, 0.2) is 61.2 Å². The average molecular weight is 725 g/mol. The van der Waals surface area contributed by atoms with Gasteiger partial charge in [-0.3, -0.25) is 4.79 Å². The highest BCUT2D eigenvalue weighted by molar-refractivity contribution is 7.90. The molecule has 50 heavy (non-hydrogen) atoms. The normalized spacial score (nSPS) is 26.0. The summed E-state index contributed by atoms with van der Waals surface area (Å²) in [7, 11) is -3.99. The fourth-order valence-electron chi connectivity index (χ4n) is 8.45. The number of benzene rings is 2. The predicted molar refractivity (Wildman–Crippen MR) is 200 cm³/mol. The van der Waals surface area contributed by atoms with Crippen LogP contribution in [0.25, 0.3) is 0 Å². The van der Waals surface area contributed by atoms with E-state index in [0.717, 1.165) is 68.5 Å². The number of amides is 1. The van der Waals surface area contributed by atoms with Crippen molar-refractivity contribution in [1.29, 1.82) is 0 Å². The van der Waals surface area contributed by atoms with Gasteiger partial charge < -0.3 is 19.5 Å². The molecule has 2 aromatic carbocycles. The number of aryl methyl sites for hydroxylation is 1. The third-order valence-electron chi connectivity index (χ3n) is 11.4. The van der Waals surface area contributed by atoms with Gasteiger partial charge in [-0.1, -0.05) is 49.2 Å². The highest BCUT2D eigenvalue weighted by Crippen LogP contribution is 2.46. The van der Waals surface area contributed by atoms with Crippen LogP contribution in [0.2, 0.25) is 5.02 Å². The number of fused-ring (bicyclic) bond motifs is 3. The zero-order chi connectivity index (χ0) is 35.3. The molecule has 6 atom stereocenters. The van der Waals surface area contributed by atoms with E-state index in [-0.39, 0.29) is 28.9 Å². The molecule has 1 amide bonds. The van der Waals surface area contributed by atoms with E-state index < -0.39 is 27.3 Å². The van der Waals surface area contributed by atoms with Crippen LogP contribution < -0.4 is 14.4 Å². The molecule has 2 fully saturated rings. The number of aliphatic hydroxyl groups excluding tert-OH is 1. The second kappa shape index (κ2) is 16.2. The van der Waals surface area contributed by atoms with Crippen LogP contribution in [0.3, 0.4) is 0 Å². The van der Waals surface area contributed by atoms with E-state index in [1.165, 1.54) is 11.1 Å². The van der Waals surface area contributed by atoms with E-state index in [2.05, 4.69) is 41.3 Å². The van der Waals surface area contributed by atoms with Crippen molar-refractivity contribution >= 4 is 33.2 Å². The lowest BCUT2D eigenvalue weighted by atomic mass is 9.68. The van der Waals surface area contributed by atoms with Gasteiger partial charge in [0.1, 0.15) is 5.75 Å². The molecule has 272 valence electrons. The van der Waals surface area contributed by atoms with E-state index in [9.17, 15) is 18.3 Å². The van der Waals surface area contributed by atoms with Gasteiger partial charge >= 0.3 is 0 Å². The van der Waals surface area contributed by atoms with Crippen molar-refractivity contribution in [3.8, 4) is 5.75 Å². The Morgan fingerprint density at radius 1 is 1.18 bits per heavy atom. The highest BCUT2D eigenvalue weighted by atomic mass is 35.5. The maximum atomic E-state index is 13.7. The summed E-state index contributed by atoms with van der Waals surface area (Å²) in [5, 5.41) is 11.1. The van der Waals surface area contributed by atoms with Gasteiger partial charge in [0.25, 0.3) is 5.91 Å². The molecule has 4 aliphatic rings. The zero-order valence-corrected chi connectivity index (χ0v) is 30.9. The number of nitrogens with zero attached hydrogens (tertiary/aromatic N) is 1. The number of unbranched alkanes of at least 4 members (excludes halogenated alkanes) is 1. The van der Waals surface area contributed by atoms with Crippen molar-refractivity contribution in [3.63, 3.8) is 0 Å². The summed E-state index contributed by atoms with van der Waals surface area (Å²) in [6.45, 7) is 8.38. The van der Waals surface area contributed by atoms with Crippen LogP contribution in [-0.2, 0) is 26.6 Å². The Morgan fingerprint density at radius 3 is 2.78 bits per heavy atom. The van der Waals surface area contributed by atoms with Gasteiger partial charge in [-0.2, -0.15) is 0 Å². The standard InChI is InChI=1S/C40H53ClN2O6S/c1-3-5-7-13-37(44)34-17-14-30(34)25-43-26-40(20-8-10-28-22-31(41)16-18-35(28)40)27-49-38-19-15-29(23-36(38)43)39(45)42-50(46,47)33(12-6-4-2)24-32-11-9-21-48-32/h4,7,13,15-16,18-19,22-23,30,32-34,37,44H,2-3,5-6,8-12,14,17,20-21,24-27H2,1H3,(H,42,45)/b13-7+/t30-,32-,33+,34+,37-,40-/m0/s1. The molecular weight excluding hydrogens is 672 g/mol. The number of carbonyl (C=O) groups excluding carboxylic acids is 1. The number of nitrogens with one attached hydrogen (secondary N) is 1. The molecule has 1 spiro atoms. The van der Waals surface area contributed by atoms with Crippen molar-refractivity contribution in [2.24, 2.45) is 11.8 Å². The molecule has 8 nitrogen and oxygen atoms in total. The monoisotopic (exact) mass is 724 g/mol. The number of anilines is 1. The Labute approximate surface area is 303 Å². The average Bonchev–Trinajstić information content (AvgIpc) is 3.55. The summed E-state index contributed by atoms with van der Waals surface area (Å²) in [5.74, 6) is 0.424. The summed E-state index contributed by atoms with van der Waals surface area (Å²) in [5.41, 5.74) is 3.25. The van der Waals surface area contributed by atoms with Crippen LogP contribution in [0.5, 0.6) is 5.75 Å². The molecule has 2 N–H and O–H groups in total. The summed E-state index contributed by atoms with van der Waals surface area (Å²) < 4.78 is 42.1. The van der Waals surface area contributed by atoms with Crippen molar-refractivity contribution < 1.29 is 27.8 Å². The number of aliphatic hydroxyl groups is 1. The number of hydrogen-bond acceptors (Lipinski definition) is 7. The molecule has 0 radical (unpaired) electrons. The molecule has 2 aliphatic heterocycles. The Morgan fingerprint density at radius 2 is 2.04 bits per heavy atom. The number of rotatable bonds is 14. The molecule has 2 aliphatic carbocycles. The van der Waals surface area contributed by atoms with Crippen molar-refractivity contribution in [2.45, 2.75) is 107 Å². The fourth-order valence-corrected chi connectivity index (χ4v) is 10.1. The van der Waals surface area contributed by atoms with Crippen LogP contribution in [-0.4, -0.2) is 63.2 Å². The Bertz CT molecular complexity index is 1660. The Balaban J connectivity index is 1.29. The first-order chi connectivity index (χ1) is 24.1. The molecule has 1 saturated carbocycles. The van der Waals surface area contributed by atoms with Crippen LogP contribution in [0.1, 0.15) is 99.0 Å². The second-order valence-corrected chi connectivity index (χ2v) is 17.2. The fraction of sp³-hybridized carbons (Fsp3) is 0.575. The van der Waals surface area contributed by atoms with Gasteiger partial charge in [0.15, 0.2) is 0 Å². The number of hydrogen-bond donors (Lipinski definition) is 2. The van der Waals surface area contributed by atoms with Gasteiger partial charge in [-0.15, -0.1) is 6.58 Å². The molecular formula is C40H53ClN2O6S. The zero-order valence-electron chi connectivity index (χ0n) is 29.3. The molecule has 0 aromatic heterocycles. The number of carbonyl (C=O) groups is 1. The summed E-state index contributed by atoms with van der Waals surface area (Å²) in [6.07, 6.45) is 15.0. The van der Waals surface area contributed by atoms with Crippen LogP contribution in [0, 0.1) is 11.8 Å². The van der Waals surface area contributed by atoms with E-state index in [1.807, 2.05) is 12.1 Å². The lowest BCUT2D eigenvalue weighted by Crippen LogP contribution is -2.49. The number of allylic oxidation sites excluding steroid dienone is 2. The molecule has 0 bridgehead atoms. The molecule has 2 aromatic rings. The first kappa shape index (κ1) is 36.9. The molecule has 2 heterocycles. The smallest absolute Gasteiger partial charge is 0.264 e. The summed E-state index contributed by atoms with van der Waals surface area (Å²) in [6, 6.07) is 11.4. The Hall–Kier alpha value is -2.85. The van der Waals surface area contributed by atoms with E-state index in [0.29, 0.717) is 51.3 Å². The van der Waals surface area contributed by atoms with Gasteiger partial charge in [0.05, 0.1) is 29.8 Å². The Kier molecular flexibility index (Phi) is 12.0. The first-order valence-electron chi connectivity index (χ1n) is 18.6. The molecule has 1 saturated heterocycles. The third kappa shape index (κ3) is 8.27. The van der Waals surface area contributed by atoms with E-state index in [1.54, 1.807) is 24.3 Å².